The molecule has 17 heavy (non-hydrogen) atoms. The predicted molar refractivity (Wildman–Crippen MR) is 58.4 cm³/mol. The lowest BCUT2D eigenvalue weighted by molar-refractivity contribution is -0.137. The average Bonchev–Trinajstić information content (AvgIpc) is 2.56. The van der Waals surface area contributed by atoms with Crippen LogP contribution in [0.25, 0.3) is 10.9 Å². The largest absolute Gasteiger partial charge is 0.480 e. The molecule has 0 spiro atoms. The molecule has 1 amide bonds. The summed E-state index contributed by atoms with van der Waals surface area (Å²) in [6.07, 6.45) is 1.47. The maximum absolute atomic E-state index is 11.2. The third kappa shape index (κ3) is 1.94. The van der Waals surface area contributed by atoms with Crippen molar-refractivity contribution in [1.82, 2.24) is 14.8 Å². The zero-order valence-electron chi connectivity index (χ0n) is 9.04. The van der Waals surface area contributed by atoms with E-state index in [9.17, 15) is 9.59 Å². The molecule has 2 heterocycles. The first-order chi connectivity index (χ1) is 7.99. The number of nitrogens with two attached hydrogens (primary N) is 1. The molecule has 0 saturated carbocycles. The minimum absolute atomic E-state index is 0.0359. The van der Waals surface area contributed by atoms with Gasteiger partial charge in [0.15, 0.2) is 5.69 Å². The van der Waals surface area contributed by atoms with Crippen LogP contribution in [0.1, 0.15) is 16.2 Å². The predicted octanol–water partition coefficient (Wildman–Crippen LogP) is -0.0768. The maximum Gasteiger partial charge on any atom is 0.325 e. The Balaban J connectivity index is 2.70. The van der Waals surface area contributed by atoms with E-state index in [0.717, 1.165) is 0 Å². The second-order valence-electron chi connectivity index (χ2n) is 3.61. The molecule has 0 saturated heterocycles. The summed E-state index contributed by atoms with van der Waals surface area (Å²) in [4.78, 5) is 25.9. The van der Waals surface area contributed by atoms with Crippen LogP contribution in [0, 0.1) is 6.92 Å². The van der Waals surface area contributed by atoms with Crippen molar-refractivity contribution in [2.24, 2.45) is 5.73 Å². The van der Waals surface area contributed by atoms with E-state index in [4.69, 9.17) is 10.8 Å². The summed E-state index contributed by atoms with van der Waals surface area (Å²) in [6.45, 7) is 1.44. The van der Waals surface area contributed by atoms with Gasteiger partial charge in [0.1, 0.15) is 6.54 Å². The Hall–Kier alpha value is -2.44. The van der Waals surface area contributed by atoms with E-state index < -0.39 is 11.9 Å². The van der Waals surface area contributed by atoms with Crippen molar-refractivity contribution in [3.05, 3.63) is 23.7 Å². The number of carboxylic acid groups (broad SMARTS) is 1. The molecule has 7 nitrogen and oxygen atoms in total. The van der Waals surface area contributed by atoms with Crippen LogP contribution >= 0.6 is 0 Å². The standard InChI is InChI=1S/C10H10N4O3/c1-5-2-7-6(3-12-5)9(10(11)17)13-14(7)4-8(15)16/h2-3H,4H2,1H3,(H2,11,17)(H,15,16). The highest BCUT2D eigenvalue weighted by atomic mass is 16.4. The number of rotatable bonds is 3. The number of pyridine rings is 1. The SMILES string of the molecule is Cc1cc2c(cn1)c(C(N)=O)nn2CC(=O)O. The molecule has 0 aromatic carbocycles. The number of amides is 1. The Kier molecular flexibility index (Phi) is 2.51. The van der Waals surface area contributed by atoms with Crippen LogP contribution in [0.4, 0.5) is 0 Å². The summed E-state index contributed by atoms with van der Waals surface area (Å²) in [6, 6.07) is 1.66. The molecule has 0 aliphatic heterocycles. The Morgan fingerprint density at radius 1 is 1.53 bits per heavy atom. The molecule has 2 aromatic heterocycles. The van der Waals surface area contributed by atoms with Crippen molar-refractivity contribution < 1.29 is 14.7 Å². The quantitative estimate of drug-likeness (QED) is 0.771. The first kappa shape index (κ1) is 11.1. The molecule has 0 bridgehead atoms. The van der Waals surface area contributed by atoms with Gasteiger partial charge in [-0.05, 0) is 13.0 Å². The fourth-order valence-electron chi connectivity index (χ4n) is 1.60. The van der Waals surface area contributed by atoms with Gasteiger partial charge in [0, 0.05) is 11.9 Å². The summed E-state index contributed by atoms with van der Waals surface area (Å²) in [5.41, 5.74) is 6.45. The van der Waals surface area contributed by atoms with Crippen molar-refractivity contribution in [2.45, 2.75) is 13.5 Å². The van der Waals surface area contributed by atoms with E-state index in [1.165, 1.54) is 10.9 Å². The van der Waals surface area contributed by atoms with Crippen LogP contribution in [0.15, 0.2) is 12.3 Å². The zero-order valence-corrected chi connectivity index (χ0v) is 9.04. The first-order valence-electron chi connectivity index (χ1n) is 4.84. The van der Waals surface area contributed by atoms with Gasteiger partial charge in [0.2, 0.25) is 0 Å². The van der Waals surface area contributed by atoms with Crippen molar-refractivity contribution in [2.75, 3.05) is 0 Å². The summed E-state index contributed by atoms with van der Waals surface area (Å²) in [7, 11) is 0. The Morgan fingerprint density at radius 3 is 2.82 bits per heavy atom. The van der Waals surface area contributed by atoms with Gasteiger partial charge in [-0.25, -0.2) is 0 Å². The van der Waals surface area contributed by atoms with E-state index in [-0.39, 0.29) is 12.2 Å². The molecule has 2 rings (SSSR count). The van der Waals surface area contributed by atoms with Crippen LogP contribution in [0.3, 0.4) is 0 Å². The van der Waals surface area contributed by atoms with Crippen LogP contribution in [0.5, 0.6) is 0 Å². The van der Waals surface area contributed by atoms with Gasteiger partial charge in [0.25, 0.3) is 5.91 Å². The number of hydrogen-bond acceptors (Lipinski definition) is 4. The minimum Gasteiger partial charge on any atom is -0.480 e. The number of carbonyl (C=O) groups excluding carboxylic acids is 1. The van der Waals surface area contributed by atoms with Gasteiger partial charge in [-0.3, -0.25) is 19.3 Å². The fourth-order valence-corrected chi connectivity index (χ4v) is 1.60. The number of aryl methyl sites for hydroxylation is 1. The summed E-state index contributed by atoms with van der Waals surface area (Å²) in [5.74, 6) is -1.75. The summed E-state index contributed by atoms with van der Waals surface area (Å²) < 4.78 is 1.23. The van der Waals surface area contributed by atoms with Crippen molar-refractivity contribution >= 4 is 22.8 Å². The number of aliphatic carboxylic acids is 1. The van der Waals surface area contributed by atoms with Crippen LogP contribution < -0.4 is 5.73 Å². The van der Waals surface area contributed by atoms with E-state index in [0.29, 0.717) is 16.6 Å². The maximum atomic E-state index is 11.2. The molecule has 3 N–H and O–H groups in total. The monoisotopic (exact) mass is 234 g/mol. The zero-order chi connectivity index (χ0) is 12.6. The number of aromatic nitrogens is 3. The summed E-state index contributed by atoms with van der Waals surface area (Å²) in [5, 5.41) is 13.1. The molecule has 0 aliphatic carbocycles. The van der Waals surface area contributed by atoms with Crippen molar-refractivity contribution in [3.63, 3.8) is 0 Å². The smallest absolute Gasteiger partial charge is 0.325 e. The highest BCUT2D eigenvalue weighted by molar-refractivity contribution is 6.04. The lowest BCUT2D eigenvalue weighted by atomic mass is 10.2. The number of fused-ring (bicyclic) bond motifs is 1. The van der Waals surface area contributed by atoms with Crippen LogP contribution in [0.2, 0.25) is 0 Å². The first-order valence-corrected chi connectivity index (χ1v) is 4.84. The van der Waals surface area contributed by atoms with Gasteiger partial charge in [-0.15, -0.1) is 0 Å². The fraction of sp³-hybridized carbons (Fsp3) is 0.200. The van der Waals surface area contributed by atoms with Crippen LogP contribution in [-0.4, -0.2) is 31.7 Å². The third-order valence-electron chi connectivity index (χ3n) is 2.29. The highest BCUT2D eigenvalue weighted by Crippen LogP contribution is 2.18. The molecule has 0 unspecified atom stereocenters. The molecule has 88 valence electrons. The number of primary amides is 1. The van der Waals surface area contributed by atoms with Gasteiger partial charge in [0.05, 0.1) is 10.9 Å². The normalized spacial score (nSPS) is 10.6. The Labute approximate surface area is 95.9 Å². The molecule has 0 atom stereocenters. The lowest BCUT2D eigenvalue weighted by Crippen LogP contribution is -2.14. The number of hydrogen-bond donors (Lipinski definition) is 2. The van der Waals surface area contributed by atoms with E-state index in [1.807, 2.05) is 0 Å². The lowest BCUT2D eigenvalue weighted by Gasteiger charge is -1.98. The molecular formula is C10H10N4O3. The van der Waals surface area contributed by atoms with Crippen LogP contribution in [-0.2, 0) is 11.3 Å². The van der Waals surface area contributed by atoms with E-state index in [1.54, 1.807) is 13.0 Å². The second-order valence-corrected chi connectivity index (χ2v) is 3.61. The summed E-state index contributed by atoms with van der Waals surface area (Å²) >= 11 is 0. The van der Waals surface area contributed by atoms with Crippen molar-refractivity contribution in [3.8, 4) is 0 Å². The molecule has 0 radical (unpaired) electrons. The average molecular weight is 234 g/mol. The highest BCUT2D eigenvalue weighted by Gasteiger charge is 2.16. The van der Waals surface area contributed by atoms with E-state index in [2.05, 4.69) is 10.1 Å². The van der Waals surface area contributed by atoms with Crippen molar-refractivity contribution in [1.29, 1.82) is 0 Å². The van der Waals surface area contributed by atoms with Gasteiger partial charge in [-0.2, -0.15) is 5.10 Å². The third-order valence-corrected chi connectivity index (χ3v) is 2.29. The Bertz CT molecular complexity index is 617. The number of carbonyl (C=O) groups is 2. The molecule has 0 fully saturated rings. The van der Waals surface area contributed by atoms with Gasteiger partial charge in [-0.1, -0.05) is 0 Å². The Morgan fingerprint density at radius 2 is 2.24 bits per heavy atom. The number of carboxylic acids is 1. The van der Waals surface area contributed by atoms with Gasteiger partial charge >= 0.3 is 5.97 Å². The molecular weight excluding hydrogens is 224 g/mol. The molecule has 2 aromatic rings. The second kappa shape index (κ2) is 3.85. The minimum atomic E-state index is -1.04. The van der Waals surface area contributed by atoms with Gasteiger partial charge < -0.3 is 10.8 Å². The van der Waals surface area contributed by atoms with E-state index >= 15 is 0 Å². The topological polar surface area (TPSA) is 111 Å². The molecule has 7 heteroatoms. The molecule has 0 aliphatic rings. The number of nitrogens with zero attached hydrogens (tertiary/aromatic N) is 3.